The van der Waals surface area contributed by atoms with Crippen LogP contribution in [0.2, 0.25) is 0 Å². The molecule has 0 aromatic heterocycles. The molecule has 0 bridgehead atoms. The number of carbonyl (C=O) groups is 2. The quantitative estimate of drug-likeness (QED) is 0.260. The van der Waals surface area contributed by atoms with Crippen molar-refractivity contribution >= 4 is 33.2 Å². The first-order chi connectivity index (χ1) is 19.7. The van der Waals surface area contributed by atoms with Gasteiger partial charge in [-0.3, -0.25) is 13.9 Å². The normalized spacial score (nSPS) is 11.7. The summed E-state index contributed by atoms with van der Waals surface area (Å²) in [6.45, 7) is 1.30. The van der Waals surface area contributed by atoms with Crippen LogP contribution in [-0.4, -0.2) is 41.0 Å². The van der Waals surface area contributed by atoms with Crippen LogP contribution in [0.1, 0.15) is 28.9 Å². The number of nitrogens with zero attached hydrogens (tertiary/aromatic N) is 1. The molecule has 212 valence electrons. The van der Waals surface area contributed by atoms with Gasteiger partial charge in [0, 0.05) is 6.07 Å². The Morgan fingerprint density at radius 3 is 2.07 bits per heavy atom. The zero-order valence-electron chi connectivity index (χ0n) is 22.9. The molecule has 2 N–H and O–H groups in total. The van der Waals surface area contributed by atoms with Crippen LogP contribution in [0.3, 0.4) is 0 Å². The largest absolute Gasteiger partial charge is 0.493 e. The first-order valence-electron chi connectivity index (χ1n) is 12.8. The maximum Gasteiger partial charge on any atom is 0.264 e. The van der Waals surface area contributed by atoms with Crippen LogP contribution in [0.25, 0.3) is 0 Å². The summed E-state index contributed by atoms with van der Waals surface area (Å²) in [5, 5.41) is 5.66. The van der Waals surface area contributed by atoms with Crippen molar-refractivity contribution in [2.45, 2.75) is 17.9 Å². The van der Waals surface area contributed by atoms with Gasteiger partial charge in [-0.25, -0.2) is 8.42 Å². The summed E-state index contributed by atoms with van der Waals surface area (Å²) >= 11 is 0. The van der Waals surface area contributed by atoms with Gasteiger partial charge in [-0.15, -0.1) is 0 Å². The number of anilines is 2. The third-order valence-electron chi connectivity index (χ3n) is 6.37. The molecule has 0 aliphatic rings. The van der Waals surface area contributed by atoms with E-state index in [-0.39, 0.29) is 33.8 Å². The summed E-state index contributed by atoms with van der Waals surface area (Å²) in [5.41, 5.74) is 1.62. The first-order valence-corrected chi connectivity index (χ1v) is 14.2. The van der Waals surface area contributed by atoms with Gasteiger partial charge in [-0.05, 0) is 48.9 Å². The lowest BCUT2D eigenvalue weighted by molar-refractivity contribution is -0.114. The molecule has 0 saturated heterocycles. The smallest absolute Gasteiger partial charge is 0.264 e. The molecule has 0 radical (unpaired) electrons. The summed E-state index contributed by atoms with van der Waals surface area (Å²) in [7, 11) is -1.26. The Bertz CT molecular complexity index is 1610. The SMILES string of the molecule is COc1ccc(N(CC(=O)Nc2ccccc2C(=O)N[C@H](C)c2ccccc2)S(=O)(=O)c2ccccc2)cc1OC. The van der Waals surface area contributed by atoms with Gasteiger partial charge < -0.3 is 20.1 Å². The number of rotatable bonds is 11. The molecular formula is C31H31N3O6S. The fourth-order valence-electron chi connectivity index (χ4n) is 4.22. The van der Waals surface area contributed by atoms with E-state index in [1.165, 1.54) is 38.5 Å². The topological polar surface area (TPSA) is 114 Å². The van der Waals surface area contributed by atoms with Crippen molar-refractivity contribution in [2.75, 3.05) is 30.4 Å². The fourth-order valence-corrected chi connectivity index (χ4v) is 5.66. The van der Waals surface area contributed by atoms with E-state index in [0.29, 0.717) is 11.5 Å². The van der Waals surface area contributed by atoms with Crippen molar-refractivity contribution in [1.29, 1.82) is 0 Å². The van der Waals surface area contributed by atoms with E-state index in [9.17, 15) is 18.0 Å². The van der Waals surface area contributed by atoms with Crippen LogP contribution in [0.4, 0.5) is 11.4 Å². The number of hydrogen-bond acceptors (Lipinski definition) is 6. The number of sulfonamides is 1. The fraction of sp³-hybridized carbons (Fsp3) is 0.161. The number of nitrogens with one attached hydrogen (secondary N) is 2. The predicted octanol–water partition coefficient (Wildman–Crippen LogP) is 5.03. The number of carbonyl (C=O) groups excluding carboxylic acids is 2. The number of amides is 2. The molecule has 2 amide bonds. The van der Waals surface area contributed by atoms with Crippen molar-refractivity contribution in [3.63, 3.8) is 0 Å². The predicted molar refractivity (Wildman–Crippen MR) is 158 cm³/mol. The average molecular weight is 574 g/mol. The number of hydrogen-bond donors (Lipinski definition) is 2. The molecule has 0 heterocycles. The van der Waals surface area contributed by atoms with E-state index in [1.807, 2.05) is 37.3 Å². The van der Waals surface area contributed by atoms with Gasteiger partial charge in [-0.1, -0.05) is 60.7 Å². The lowest BCUT2D eigenvalue weighted by Crippen LogP contribution is -2.38. The van der Waals surface area contributed by atoms with Crippen LogP contribution in [0.5, 0.6) is 11.5 Å². The molecule has 0 aliphatic carbocycles. The third-order valence-corrected chi connectivity index (χ3v) is 8.15. The highest BCUT2D eigenvalue weighted by Gasteiger charge is 2.28. The second-order valence-electron chi connectivity index (χ2n) is 9.06. The van der Waals surface area contributed by atoms with Gasteiger partial charge in [0.25, 0.3) is 15.9 Å². The van der Waals surface area contributed by atoms with Crippen LogP contribution in [-0.2, 0) is 14.8 Å². The highest BCUT2D eigenvalue weighted by atomic mass is 32.2. The van der Waals surface area contributed by atoms with Gasteiger partial charge >= 0.3 is 0 Å². The minimum atomic E-state index is -4.16. The van der Waals surface area contributed by atoms with Crippen LogP contribution in [0.15, 0.2) is 108 Å². The van der Waals surface area contributed by atoms with Gasteiger partial charge in [-0.2, -0.15) is 0 Å². The highest BCUT2D eigenvalue weighted by molar-refractivity contribution is 7.92. The van der Waals surface area contributed by atoms with E-state index in [0.717, 1.165) is 9.87 Å². The zero-order chi connectivity index (χ0) is 29.4. The van der Waals surface area contributed by atoms with Crippen molar-refractivity contribution in [2.24, 2.45) is 0 Å². The van der Waals surface area contributed by atoms with Crippen LogP contribution < -0.4 is 24.4 Å². The van der Waals surface area contributed by atoms with E-state index in [1.54, 1.807) is 48.5 Å². The summed E-state index contributed by atoms with van der Waals surface area (Å²) in [5.74, 6) is -0.322. The van der Waals surface area contributed by atoms with E-state index >= 15 is 0 Å². The minimum absolute atomic E-state index is 0.0114. The molecule has 41 heavy (non-hydrogen) atoms. The van der Waals surface area contributed by atoms with Crippen molar-refractivity contribution < 1.29 is 27.5 Å². The van der Waals surface area contributed by atoms with Crippen LogP contribution >= 0.6 is 0 Å². The first kappa shape index (κ1) is 29.2. The molecule has 1 atom stereocenters. The van der Waals surface area contributed by atoms with Gasteiger partial charge in [0.05, 0.1) is 42.1 Å². The lowest BCUT2D eigenvalue weighted by Gasteiger charge is -2.25. The van der Waals surface area contributed by atoms with Gasteiger partial charge in [0.15, 0.2) is 11.5 Å². The molecule has 0 aliphatic heterocycles. The number of methoxy groups -OCH3 is 2. The van der Waals surface area contributed by atoms with Crippen molar-refractivity contribution in [3.8, 4) is 11.5 Å². The second-order valence-corrected chi connectivity index (χ2v) is 10.9. The van der Waals surface area contributed by atoms with E-state index in [4.69, 9.17) is 9.47 Å². The molecule has 0 unspecified atom stereocenters. The monoisotopic (exact) mass is 573 g/mol. The molecule has 0 spiro atoms. The van der Waals surface area contributed by atoms with E-state index < -0.39 is 22.5 Å². The van der Waals surface area contributed by atoms with E-state index in [2.05, 4.69) is 10.6 Å². The third kappa shape index (κ3) is 6.85. The molecule has 4 aromatic carbocycles. The molecule has 10 heteroatoms. The Morgan fingerprint density at radius 2 is 1.41 bits per heavy atom. The molecule has 9 nitrogen and oxygen atoms in total. The number of benzene rings is 4. The summed E-state index contributed by atoms with van der Waals surface area (Å²) in [6, 6.07) is 28.2. The second kappa shape index (κ2) is 13.0. The van der Waals surface area contributed by atoms with Crippen molar-refractivity contribution in [3.05, 3.63) is 114 Å². The Hall–Kier alpha value is -4.83. The Balaban J connectivity index is 1.61. The number of para-hydroxylation sites is 1. The highest BCUT2D eigenvalue weighted by Crippen LogP contribution is 2.34. The Kier molecular flexibility index (Phi) is 9.26. The molecule has 4 rings (SSSR count). The molecule has 4 aromatic rings. The van der Waals surface area contributed by atoms with Gasteiger partial charge in [0.2, 0.25) is 5.91 Å². The summed E-state index contributed by atoms with van der Waals surface area (Å²) in [4.78, 5) is 26.5. The molecular weight excluding hydrogens is 542 g/mol. The maximum atomic E-state index is 13.7. The Morgan fingerprint density at radius 1 is 0.805 bits per heavy atom. The maximum absolute atomic E-state index is 13.7. The zero-order valence-corrected chi connectivity index (χ0v) is 23.7. The van der Waals surface area contributed by atoms with Crippen molar-refractivity contribution in [1.82, 2.24) is 5.32 Å². The molecule has 0 fully saturated rings. The van der Waals surface area contributed by atoms with Crippen LogP contribution in [0, 0.1) is 0 Å². The average Bonchev–Trinajstić information content (AvgIpc) is 3.00. The van der Waals surface area contributed by atoms with Gasteiger partial charge in [0.1, 0.15) is 6.54 Å². The summed E-state index contributed by atoms with van der Waals surface area (Å²) < 4.78 is 39.1. The molecule has 0 saturated carbocycles. The minimum Gasteiger partial charge on any atom is -0.493 e. The standard InChI is InChI=1S/C31H31N3O6S/c1-22(23-12-6-4-7-13-23)32-31(36)26-16-10-11-17-27(26)33-30(35)21-34(41(37,38)25-14-8-5-9-15-25)24-18-19-28(39-2)29(20-24)40-3/h4-20,22H,21H2,1-3H3,(H,32,36)(H,33,35)/t22-/m1/s1. The lowest BCUT2D eigenvalue weighted by atomic mass is 10.1. The number of ether oxygens (including phenoxy) is 2. The Labute approximate surface area is 239 Å². The summed E-state index contributed by atoms with van der Waals surface area (Å²) in [6.07, 6.45) is 0.